The predicted octanol–water partition coefficient (Wildman–Crippen LogP) is 4.66. The fourth-order valence-electron chi connectivity index (χ4n) is 4.16. The van der Waals surface area contributed by atoms with E-state index in [2.05, 4.69) is 0 Å². The zero-order valence-electron chi connectivity index (χ0n) is 20.2. The molecule has 4 rings (SSSR count). The molecule has 1 aliphatic rings. The van der Waals surface area contributed by atoms with E-state index >= 15 is 0 Å². The first-order valence-electron chi connectivity index (χ1n) is 12.0. The molecule has 7 heteroatoms. The molecule has 0 radical (unpaired) electrons. The molecule has 0 bridgehead atoms. The second-order valence-electron chi connectivity index (χ2n) is 8.83. The van der Waals surface area contributed by atoms with Crippen LogP contribution in [0.25, 0.3) is 0 Å². The topological polar surface area (TPSA) is 74.2 Å². The number of aliphatic hydroxyl groups is 1. The van der Waals surface area contributed by atoms with E-state index in [0.29, 0.717) is 6.61 Å². The lowest BCUT2D eigenvalue weighted by molar-refractivity contribution is -0.267. The molecule has 1 heterocycles. The van der Waals surface area contributed by atoms with Gasteiger partial charge >= 0.3 is 0 Å². The molecule has 3 aromatic carbocycles. The van der Waals surface area contributed by atoms with Crippen molar-refractivity contribution >= 4 is 17.4 Å². The number of carbonyl (C=O) groups is 1. The van der Waals surface area contributed by atoms with Crippen molar-refractivity contribution in [2.24, 2.45) is 0 Å². The van der Waals surface area contributed by atoms with Crippen molar-refractivity contribution in [1.82, 2.24) is 0 Å². The van der Waals surface area contributed by atoms with Crippen molar-refractivity contribution in [2.45, 2.75) is 56.2 Å². The number of hydrogen-bond donors (Lipinski definition) is 1. The van der Waals surface area contributed by atoms with Crippen LogP contribution in [0.2, 0.25) is 0 Å². The van der Waals surface area contributed by atoms with Gasteiger partial charge < -0.3 is 24.1 Å². The number of ketones is 1. The maximum absolute atomic E-state index is 12.8. The minimum absolute atomic E-state index is 0.0222. The summed E-state index contributed by atoms with van der Waals surface area (Å²) in [6.07, 6.45) is -4.03. The van der Waals surface area contributed by atoms with Crippen LogP contribution < -0.4 is 0 Å². The number of Topliss-reactive ketones (excluding diaryl/α,β-unsaturated/α-hetero) is 1. The highest BCUT2D eigenvalue weighted by Crippen LogP contribution is 2.38. The van der Waals surface area contributed by atoms with E-state index in [1.165, 1.54) is 6.92 Å². The van der Waals surface area contributed by atoms with E-state index in [-0.39, 0.29) is 19.8 Å². The summed E-state index contributed by atoms with van der Waals surface area (Å²) in [5.74, 6) is -0.435. The van der Waals surface area contributed by atoms with Crippen LogP contribution >= 0.6 is 11.6 Å². The molecular formula is C29H31ClO6. The molecule has 0 amide bonds. The van der Waals surface area contributed by atoms with E-state index in [4.69, 9.17) is 30.5 Å². The van der Waals surface area contributed by atoms with Gasteiger partial charge in [0.1, 0.15) is 24.4 Å². The Morgan fingerprint density at radius 2 is 1.31 bits per heavy atom. The van der Waals surface area contributed by atoms with E-state index < -0.39 is 35.3 Å². The molecular weight excluding hydrogens is 480 g/mol. The Balaban J connectivity index is 1.54. The van der Waals surface area contributed by atoms with Crippen molar-refractivity contribution in [2.75, 3.05) is 6.61 Å². The third kappa shape index (κ3) is 6.59. The number of ether oxygens (including phenoxy) is 4. The third-order valence-corrected chi connectivity index (χ3v) is 6.71. The zero-order chi connectivity index (χ0) is 25.4. The van der Waals surface area contributed by atoms with Gasteiger partial charge in [0.25, 0.3) is 0 Å². The SMILES string of the molecule is CC(=O)[C@@]1(Cl)O[C@H](COCc2ccccc2)[C@H](O)[C@H](OCc2ccccc2)[C@H]1OCc1ccccc1. The number of carbonyl (C=O) groups excluding carboxylic acids is 1. The van der Waals surface area contributed by atoms with Gasteiger partial charge in [-0.2, -0.15) is 0 Å². The van der Waals surface area contributed by atoms with E-state index in [0.717, 1.165) is 16.7 Å². The molecule has 3 aromatic rings. The van der Waals surface area contributed by atoms with Gasteiger partial charge in [0, 0.05) is 0 Å². The Labute approximate surface area is 216 Å². The molecule has 1 saturated heterocycles. The summed E-state index contributed by atoms with van der Waals surface area (Å²) >= 11 is 6.83. The molecule has 5 atom stereocenters. The average Bonchev–Trinajstić information content (AvgIpc) is 2.90. The first-order chi connectivity index (χ1) is 17.5. The number of benzene rings is 3. The summed E-state index contributed by atoms with van der Waals surface area (Å²) in [6, 6.07) is 28.7. The van der Waals surface area contributed by atoms with Gasteiger partial charge in [0.2, 0.25) is 5.06 Å². The molecule has 36 heavy (non-hydrogen) atoms. The van der Waals surface area contributed by atoms with Crippen molar-refractivity contribution in [1.29, 1.82) is 0 Å². The molecule has 1 N–H and O–H groups in total. The monoisotopic (exact) mass is 510 g/mol. The standard InChI is InChI=1S/C29H31ClO6/c1-21(31)29(30)28(35-19-24-15-9-4-10-16-24)27(34-18-23-13-7-3-8-14-23)26(32)25(36-29)20-33-17-22-11-5-2-6-12-22/h2-16,25-28,32H,17-20H2,1H3/t25-,26+,27+,28-,29-/m1/s1. The fraction of sp³-hybridized carbons (Fsp3) is 0.345. The summed E-state index contributed by atoms with van der Waals surface area (Å²) in [5.41, 5.74) is 2.79. The number of halogens is 1. The molecule has 0 aromatic heterocycles. The normalized spacial score (nSPS) is 26.0. The average molecular weight is 511 g/mol. The summed E-state index contributed by atoms with van der Waals surface area (Å²) in [7, 11) is 0. The maximum Gasteiger partial charge on any atom is 0.229 e. The van der Waals surface area contributed by atoms with Gasteiger partial charge in [-0.3, -0.25) is 4.79 Å². The number of alkyl halides is 1. The largest absolute Gasteiger partial charge is 0.387 e. The lowest BCUT2D eigenvalue weighted by atomic mass is 9.92. The number of rotatable bonds is 11. The Morgan fingerprint density at radius 3 is 1.81 bits per heavy atom. The maximum atomic E-state index is 12.8. The molecule has 0 aliphatic carbocycles. The van der Waals surface area contributed by atoms with Gasteiger partial charge in [-0.25, -0.2) is 0 Å². The minimum atomic E-state index is -1.85. The van der Waals surface area contributed by atoms with Crippen molar-refractivity contribution in [3.8, 4) is 0 Å². The Bertz CT molecular complexity index is 1080. The van der Waals surface area contributed by atoms with Crippen LogP contribution in [0.15, 0.2) is 91.0 Å². The van der Waals surface area contributed by atoms with Gasteiger partial charge in [-0.05, 0) is 23.6 Å². The smallest absolute Gasteiger partial charge is 0.229 e. The molecule has 0 unspecified atom stereocenters. The zero-order valence-corrected chi connectivity index (χ0v) is 20.9. The number of hydrogen-bond acceptors (Lipinski definition) is 6. The first-order valence-corrected chi connectivity index (χ1v) is 12.3. The van der Waals surface area contributed by atoms with E-state index in [1.54, 1.807) is 0 Å². The van der Waals surface area contributed by atoms with Crippen LogP contribution in [-0.4, -0.2) is 47.0 Å². The molecule has 1 aliphatic heterocycles. The third-order valence-electron chi connectivity index (χ3n) is 6.14. The molecule has 6 nitrogen and oxygen atoms in total. The quantitative estimate of drug-likeness (QED) is 0.378. The van der Waals surface area contributed by atoms with Crippen molar-refractivity contribution < 1.29 is 28.8 Å². The van der Waals surface area contributed by atoms with Crippen LogP contribution in [-0.2, 0) is 43.6 Å². The summed E-state index contributed by atoms with van der Waals surface area (Å²) in [5, 5.41) is 9.45. The van der Waals surface area contributed by atoms with Gasteiger partial charge in [0.05, 0.1) is 26.4 Å². The van der Waals surface area contributed by atoms with Crippen LogP contribution in [0, 0.1) is 0 Å². The van der Waals surface area contributed by atoms with E-state index in [9.17, 15) is 9.90 Å². The van der Waals surface area contributed by atoms with E-state index in [1.807, 2.05) is 91.0 Å². The lowest BCUT2D eigenvalue weighted by Crippen LogP contribution is -2.66. The van der Waals surface area contributed by atoms with Crippen molar-refractivity contribution in [3.05, 3.63) is 108 Å². The highest BCUT2D eigenvalue weighted by Gasteiger charge is 2.58. The van der Waals surface area contributed by atoms with Gasteiger partial charge in [0.15, 0.2) is 5.78 Å². The second kappa shape index (κ2) is 12.6. The summed E-state index contributed by atoms with van der Waals surface area (Å²) < 4.78 is 24.1. The Hall–Kier alpha value is -2.58. The van der Waals surface area contributed by atoms with Gasteiger partial charge in [-0.1, -0.05) is 103 Å². The fourth-order valence-corrected chi connectivity index (χ4v) is 4.46. The van der Waals surface area contributed by atoms with Crippen LogP contribution in [0.1, 0.15) is 23.6 Å². The lowest BCUT2D eigenvalue weighted by Gasteiger charge is -2.47. The predicted molar refractivity (Wildman–Crippen MR) is 136 cm³/mol. The van der Waals surface area contributed by atoms with Gasteiger partial charge in [-0.15, -0.1) is 0 Å². The van der Waals surface area contributed by atoms with Crippen LogP contribution in [0.3, 0.4) is 0 Å². The molecule has 1 fully saturated rings. The number of aliphatic hydroxyl groups excluding tert-OH is 1. The molecule has 0 spiro atoms. The van der Waals surface area contributed by atoms with Crippen LogP contribution in [0.5, 0.6) is 0 Å². The highest BCUT2D eigenvalue weighted by molar-refractivity contribution is 6.34. The Kier molecular flexibility index (Phi) is 9.26. The minimum Gasteiger partial charge on any atom is -0.387 e. The van der Waals surface area contributed by atoms with Crippen LogP contribution in [0.4, 0.5) is 0 Å². The Morgan fingerprint density at radius 1 is 0.833 bits per heavy atom. The van der Waals surface area contributed by atoms with Crippen molar-refractivity contribution in [3.63, 3.8) is 0 Å². The second-order valence-corrected chi connectivity index (χ2v) is 9.39. The first kappa shape index (κ1) is 26.5. The summed E-state index contributed by atoms with van der Waals surface area (Å²) in [4.78, 5) is 12.8. The molecule has 190 valence electrons. The summed E-state index contributed by atoms with van der Waals surface area (Å²) in [6.45, 7) is 2.07. The molecule has 0 saturated carbocycles. The highest BCUT2D eigenvalue weighted by atomic mass is 35.5.